The van der Waals surface area contributed by atoms with E-state index in [2.05, 4.69) is 15.3 Å². The van der Waals surface area contributed by atoms with Gasteiger partial charge in [-0.3, -0.25) is 4.79 Å². The summed E-state index contributed by atoms with van der Waals surface area (Å²) in [6, 6.07) is 8.80. The Bertz CT molecular complexity index is 866. The number of anilines is 1. The molecule has 122 valence electrons. The molecule has 0 aliphatic carbocycles. The molecule has 4 rings (SSSR count). The maximum absolute atomic E-state index is 12.7. The van der Waals surface area contributed by atoms with Gasteiger partial charge in [0.05, 0.1) is 0 Å². The van der Waals surface area contributed by atoms with Crippen LogP contribution in [0.1, 0.15) is 10.4 Å². The van der Waals surface area contributed by atoms with Crippen molar-refractivity contribution in [1.82, 2.24) is 20.2 Å². The number of rotatable bonds is 2. The van der Waals surface area contributed by atoms with Crippen molar-refractivity contribution in [2.75, 3.05) is 31.9 Å². The van der Waals surface area contributed by atoms with Gasteiger partial charge in [0.15, 0.2) is 11.2 Å². The van der Waals surface area contributed by atoms with E-state index in [1.165, 1.54) is 0 Å². The molecule has 1 aromatic carbocycles. The van der Waals surface area contributed by atoms with Crippen molar-refractivity contribution in [3.05, 3.63) is 42.1 Å². The molecule has 1 aliphatic rings. The Morgan fingerprint density at radius 1 is 1.25 bits per heavy atom. The lowest BCUT2D eigenvalue weighted by atomic mass is 10.1. The highest BCUT2D eigenvalue weighted by Crippen LogP contribution is 2.26. The molecule has 0 radical (unpaired) electrons. The number of benzene rings is 1. The van der Waals surface area contributed by atoms with Crippen molar-refractivity contribution < 1.29 is 9.21 Å². The Morgan fingerprint density at radius 2 is 2.08 bits per heavy atom. The fourth-order valence-electron chi connectivity index (χ4n) is 2.84. The summed E-state index contributed by atoms with van der Waals surface area (Å²) < 4.78 is 5.73. The maximum Gasteiger partial charge on any atom is 0.254 e. The van der Waals surface area contributed by atoms with Gasteiger partial charge in [-0.15, -0.1) is 0 Å². The second-order valence-electron chi connectivity index (χ2n) is 5.73. The number of nitrogens with zero attached hydrogens (tertiary/aromatic N) is 3. The molecule has 0 spiro atoms. The van der Waals surface area contributed by atoms with Gasteiger partial charge in [-0.1, -0.05) is 0 Å². The normalized spacial score (nSPS) is 14.9. The first-order valence-electron chi connectivity index (χ1n) is 7.83. The van der Waals surface area contributed by atoms with E-state index in [0.29, 0.717) is 47.0 Å². The largest absolute Gasteiger partial charge is 0.434 e. The number of pyridine rings is 1. The van der Waals surface area contributed by atoms with Gasteiger partial charge < -0.3 is 20.4 Å². The summed E-state index contributed by atoms with van der Waals surface area (Å²) in [6.45, 7) is 2.99. The molecule has 7 heteroatoms. The second-order valence-corrected chi connectivity index (χ2v) is 5.73. The first-order chi connectivity index (χ1) is 11.7. The molecule has 7 nitrogen and oxygen atoms in total. The van der Waals surface area contributed by atoms with Crippen LogP contribution in [0.4, 0.5) is 5.69 Å². The van der Waals surface area contributed by atoms with E-state index in [4.69, 9.17) is 10.2 Å². The van der Waals surface area contributed by atoms with Gasteiger partial charge in [-0.05, 0) is 30.3 Å². The van der Waals surface area contributed by atoms with Gasteiger partial charge in [-0.25, -0.2) is 4.98 Å². The molecule has 1 fully saturated rings. The highest BCUT2D eigenvalue weighted by atomic mass is 16.3. The number of amides is 1. The van der Waals surface area contributed by atoms with Gasteiger partial charge >= 0.3 is 0 Å². The predicted molar refractivity (Wildman–Crippen MR) is 90.4 cm³/mol. The Labute approximate surface area is 138 Å². The molecule has 0 atom stereocenters. The van der Waals surface area contributed by atoms with Crippen LogP contribution in [0.15, 0.2) is 40.9 Å². The minimum absolute atomic E-state index is 0.0284. The highest BCUT2D eigenvalue weighted by molar-refractivity contribution is 5.96. The first-order valence-corrected chi connectivity index (χ1v) is 7.83. The van der Waals surface area contributed by atoms with E-state index in [0.717, 1.165) is 13.1 Å². The Kier molecular flexibility index (Phi) is 3.62. The number of nitrogens with two attached hydrogens (primary N) is 1. The van der Waals surface area contributed by atoms with Crippen LogP contribution in [0, 0.1) is 0 Å². The van der Waals surface area contributed by atoms with Gasteiger partial charge in [-0.2, -0.15) is 4.98 Å². The van der Waals surface area contributed by atoms with E-state index < -0.39 is 0 Å². The van der Waals surface area contributed by atoms with Gasteiger partial charge in [0, 0.05) is 49.2 Å². The Morgan fingerprint density at radius 3 is 2.88 bits per heavy atom. The predicted octanol–water partition coefficient (Wildman–Crippen LogP) is 1.52. The molecule has 0 unspecified atom stereocenters. The molecule has 2 aromatic heterocycles. The molecule has 3 aromatic rings. The van der Waals surface area contributed by atoms with Crippen molar-refractivity contribution in [3.8, 4) is 11.5 Å². The number of hydrogen-bond donors (Lipinski definition) is 2. The lowest BCUT2D eigenvalue weighted by Crippen LogP contribution is -2.46. The van der Waals surface area contributed by atoms with Crippen LogP contribution in [0.5, 0.6) is 0 Å². The van der Waals surface area contributed by atoms with Crippen LogP contribution < -0.4 is 11.1 Å². The number of nitrogen functional groups attached to an aromatic ring is 1. The van der Waals surface area contributed by atoms with E-state index in [9.17, 15) is 4.79 Å². The van der Waals surface area contributed by atoms with E-state index in [-0.39, 0.29) is 5.91 Å². The molecule has 1 aliphatic heterocycles. The fraction of sp³-hybridized carbons (Fsp3) is 0.235. The molecule has 3 heterocycles. The maximum atomic E-state index is 12.7. The number of fused-ring (bicyclic) bond motifs is 1. The topological polar surface area (TPSA) is 97.3 Å². The highest BCUT2D eigenvalue weighted by Gasteiger charge is 2.20. The summed E-state index contributed by atoms with van der Waals surface area (Å²) >= 11 is 0. The van der Waals surface area contributed by atoms with Crippen LogP contribution in [-0.2, 0) is 0 Å². The van der Waals surface area contributed by atoms with E-state index in [1.807, 2.05) is 4.90 Å². The molecule has 24 heavy (non-hydrogen) atoms. The lowest BCUT2D eigenvalue weighted by Gasteiger charge is -2.27. The number of carbonyl (C=O) groups is 1. The van der Waals surface area contributed by atoms with E-state index in [1.54, 1.807) is 36.5 Å². The van der Waals surface area contributed by atoms with Gasteiger partial charge in [0.2, 0.25) is 5.89 Å². The van der Waals surface area contributed by atoms with Gasteiger partial charge in [0.25, 0.3) is 5.91 Å². The zero-order chi connectivity index (χ0) is 16.5. The van der Waals surface area contributed by atoms with Crippen LogP contribution in [0.25, 0.3) is 22.7 Å². The van der Waals surface area contributed by atoms with Crippen LogP contribution in [-0.4, -0.2) is 47.0 Å². The van der Waals surface area contributed by atoms with Crippen LogP contribution >= 0.6 is 0 Å². The minimum Gasteiger partial charge on any atom is -0.434 e. The third-order valence-corrected chi connectivity index (χ3v) is 4.02. The molecule has 1 saturated heterocycles. The molecule has 0 saturated carbocycles. The number of hydrogen-bond acceptors (Lipinski definition) is 6. The summed E-state index contributed by atoms with van der Waals surface area (Å²) in [4.78, 5) is 23.0. The number of piperazine rings is 1. The van der Waals surface area contributed by atoms with Crippen molar-refractivity contribution in [1.29, 1.82) is 0 Å². The SMILES string of the molecule is Nc1cc(C(=O)N2CCNCC2)cc(-c2nc3ncccc3o2)c1. The fourth-order valence-corrected chi connectivity index (χ4v) is 2.84. The molecular formula is C17H17N5O2. The summed E-state index contributed by atoms with van der Waals surface area (Å²) in [5.41, 5.74) is 8.84. The van der Waals surface area contributed by atoms with Crippen molar-refractivity contribution >= 4 is 22.8 Å². The number of aromatic nitrogens is 2. The standard InChI is InChI=1S/C17H17N5O2/c18-13-9-11(16-21-15-14(24-16)2-1-3-20-15)8-12(10-13)17(23)22-6-4-19-5-7-22/h1-3,8-10,19H,4-7,18H2. The summed E-state index contributed by atoms with van der Waals surface area (Å²) in [7, 11) is 0. The van der Waals surface area contributed by atoms with Gasteiger partial charge in [0.1, 0.15) is 0 Å². The van der Waals surface area contributed by atoms with Crippen LogP contribution in [0.3, 0.4) is 0 Å². The molecule has 1 amide bonds. The average Bonchev–Trinajstić information content (AvgIpc) is 3.05. The third-order valence-electron chi connectivity index (χ3n) is 4.02. The number of carbonyl (C=O) groups excluding carboxylic acids is 1. The minimum atomic E-state index is -0.0284. The average molecular weight is 323 g/mol. The lowest BCUT2D eigenvalue weighted by molar-refractivity contribution is 0.0736. The monoisotopic (exact) mass is 323 g/mol. The second kappa shape index (κ2) is 5.93. The zero-order valence-corrected chi connectivity index (χ0v) is 13.0. The van der Waals surface area contributed by atoms with Crippen LogP contribution in [0.2, 0.25) is 0 Å². The Hall–Kier alpha value is -2.93. The molecule has 0 bridgehead atoms. The van der Waals surface area contributed by atoms with Crippen molar-refractivity contribution in [2.24, 2.45) is 0 Å². The number of nitrogens with one attached hydrogen (secondary N) is 1. The summed E-state index contributed by atoms with van der Waals surface area (Å²) in [6.07, 6.45) is 1.66. The van der Waals surface area contributed by atoms with Crippen molar-refractivity contribution in [3.63, 3.8) is 0 Å². The molecular weight excluding hydrogens is 306 g/mol. The summed E-state index contributed by atoms with van der Waals surface area (Å²) in [5, 5.41) is 3.23. The first kappa shape index (κ1) is 14.6. The van der Waals surface area contributed by atoms with Crippen molar-refractivity contribution in [2.45, 2.75) is 0 Å². The summed E-state index contributed by atoms with van der Waals surface area (Å²) in [5.74, 6) is 0.379. The quantitative estimate of drug-likeness (QED) is 0.694. The van der Waals surface area contributed by atoms with E-state index >= 15 is 0 Å². The molecule has 3 N–H and O–H groups in total. The third kappa shape index (κ3) is 2.69. The smallest absolute Gasteiger partial charge is 0.254 e. The Balaban J connectivity index is 1.71. The zero-order valence-electron chi connectivity index (χ0n) is 13.0. The number of oxazole rings is 1.